The molecule has 6 saturated heterocycles. The van der Waals surface area contributed by atoms with E-state index in [2.05, 4.69) is 11.8 Å². The van der Waals surface area contributed by atoms with E-state index >= 15 is 0 Å². The molecule has 14 nitrogen and oxygen atoms in total. The minimum absolute atomic E-state index is 0.0172. The topological polar surface area (TPSA) is 167 Å². The summed E-state index contributed by atoms with van der Waals surface area (Å²) in [6.07, 6.45) is -6.16. The Bertz CT molecular complexity index is 1240. The van der Waals surface area contributed by atoms with Crippen LogP contribution >= 0.6 is 0 Å². The van der Waals surface area contributed by atoms with Gasteiger partial charge in [0.2, 0.25) is 0 Å². The molecule has 0 aliphatic carbocycles. The fourth-order valence-corrected chi connectivity index (χ4v) is 10.6. The van der Waals surface area contributed by atoms with Crippen LogP contribution in [-0.4, -0.2) is 155 Å². The zero-order valence-electron chi connectivity index (χ0n) is 33.8. The lowest BCUT2D eigenvalue weighted by Gasteiger charge is -2.55. The second-order valence-corrected chi connectivity index (χ2v) is 17.8. The Morgan fingerprint density at radius 1 is 0.849 bits per heavy atom. The summed E-state index contributed by atoms with van der Waals surface area (Å²) in [7, 11) is 1.56. The van der Waals surface area contributed by atoms with E-state index in [0.29, 0.717) is 45.6 Å². The monoisotopic (exact) mass is 759 g/mol. The van der Waals surface area contributed by atoms with Gasteiger partial charge >= 0.3 is 0 Å². The van der Waals surface area contributed by atoms with Crippen LogP contribution in [0.5, 0.6) is 0 Å². The molecule has 6 fully saturated rings. The van der Waals surface area contributed by atoms with Gasteiger partial charge in [-0.3, -0.25) is 4.90 Å². The number of aliphatic hydroxyl groups excluding tert-OH is 2. The van der Waals surface area contributed by atoms with Crippen molar-refractivity contribution in [3.63, 3.8) is 0 Å². The van der Waals surface area contributed by atoms with E-state index in [-0.39, 0.29) is 36.5 Å². The molecular weight excluding hydrogens is 690 g/mol. The van der Waals surface area contributed by atoms with Crippen LogP contribution in [-0.2, 0) is 42.6 Å². The zero-order valence-corrected chi connectivity index (χ0v) is 33.8. The third-order valence-electron chi connectivity index (χ3n) is 13.8. The van der Waals surface area contributed by atoms with Gasteiger partial charge in [0.25, 0.3) is 5.97 Å². The largest absolute Gasteiger partial charge is 0.387 e. The van der Waals surface area contributed by atoms with Crippen molar-refractivity contribution >= 4 is 0 Å². The molecule has 4 bridgehead atoms. The molecule has 14 heteroatoms. The summed E-state index contributed by atoms with van der Waals surface area (Å²) in [5.41, 5.74) is -3.32. The molecule has 6 rings (SSSR count). The first-order valence-electron chi connectivity index (χ1n) is 20.1. The highest BCUT2D eigenvalue weighted by Crippen LogP contribution is 2.52. The quantitative estimate of drug-likeness (QED) is 0.299. The summed E-state index contributed by atoms with van der Waals surface area (Å²) >= 11 is 0. The Balaban J connectivity index is 1.42. The van der Waals surface area contributed by atoms with Gasteiger partial charge in [0.15, 0.2) is 12.6 Å². The second-order valence-electron chi connectivity index (χ2n) is 17.8. The lowest BCUT2D eigenvalue weighted by Crippen LogP contribution is -2.69. The summed E-state index contributed by atoms with van der Waals surface area (Å²) in [6.45, 7) is 21.8. The van der Waals surface area contributed by atoms with Gasteiger partial charge in [-0.15, -0.1) is 0 Å². The van der Waals surface area contributed by atoms with E-state index in [4.69, 9.17) is 42.6 Å². The number of nitrogens with zero attached hydrogens (tertiary/aromatic N) is 1. The van der Waals surface area contributed by atoms with E-state index < -0.39 is 89.9 Å². The summed E-state index contributed by atoms with van der Waals surface area (Å²) in [6, 6.07) is -0.189. The number of rotatable bonds is 7. The minimum Gasteiger partial charge on any atom is -0.387 e. The lowest BCUT2D eigenvalue weighted by molar-refractivity contribution is -0.481. The van der Waals surface area contributed by atoms with Crippen LogP contribution in [0.1, 0.15) is 94.9 Å². The average Bonchev–Trinajstić information content (AvgIpc) is 3.43. The molecule has 308 valence electrons. The van der Waals surface area contributed by atoms with Crippen LogP contribution in [0.15, 0.2) is 0 Å². The third-order valence-corrected chi connectivity index (χ3v) is 13.8. The maximum Gasteiger partial charge on any atom is 0.286 e. The normalized spacial score (nSPS) is 55.8. The van der Waals surface area contributed by atoms with Gasteiger partial charge in [-0.2, -0.15) is 0 Å². The Morgan fingerprint density at radius 3 is 2.17 bits per heavy atom. The number of fused-ring (bicyclic) bond motifs is 4. The second kappa shape index (κ2) is 15.7. The zero-order chi connectivity index (χ0) is 38.8. The van der Waals surface area contributed by atoms with E-state index in [1.807, 2.05) is 48.5 Å². The Labute approximate surface area is 316 Å². The van der Waals surface area contributed by atoms with Crippen LogP contribution in [0.2, 0.25) is 0 Å². The SMILES string of the molecule is CC[C@H]1O[C@]2(O)O[C@H]([C@@H](C)C3O[C@](C)(C[C@@H]3C)[C@H](O[C@@H]3OC(C)CC(N4CCOCC4)C3O)[C@@H](C)[C@H](O[C@H]3CC(C)(OC)[C@@H](O)C(C)O3)[C@H]2C)[C@]1(C)O. The van der Waals surface area contributed by atoms with Crippen LogP contribution < -0.4 is 0 Å². The van der Waals surface area contributed by atoms with Crippen molar-refractivity contribution in [2.75, 3.05) is 33.4 Å². The van der Waals surface area contributed by atoms with Crippen molar-refractivity contribution in [2.24, 2.45) is 23.7 Å². The first kappa shape index (κ1) is 42.1. The van der Waals surface area contributed by atoms with Gasteiger partial charge in [-0.1, -0.05) is 34.6 Å². The molecule has 53 heavy (non-hydrogen) atoms. The molecule has 6 unspecified atom stereocenters. The van der Waals surface area contributed by atoms with E-state index in [9.17, 15) is 20.4 Å². The molecule has 6 aliphatic rings. The third kappa shape index (κ3) is 7.74. The standard InChI is InChI=1S/C39H69NO13/c1-12-27-38(10,43)34-22(4)30-20(2)18-37(9,52-30)33(50-35-29(41)26(17-21(3)47-35)40-13-15-46-16-14-40)23(5)31(24(6)39(44,51-27)53-34)49-28-19-36(8,45-11)32(42)25(7)48-28/h20-35,41-44H,12-19H2,1-11H3/t20-,21?,22-,23-,24+,25?,26?,27+,28-,29?,30?,31-,32-,33+,34+,35-,36?,37+,38+,39-/m0/s1. The number of morpholine rings is 1. The van der Waals surface area contributed by atoms with Crippen molar-refractivity contribution in [3.05, 3.63) is 0 Å². The Morgan fingerprint density at radius 2 is 1.53 bits per heavy atom. The number of ether oxygens (including phenoxy) is 9. The van der Waals surface area contributed by atoms with Gasteiger partial charge in [-0.25, -0.2) is 0 Å². The van der Waals surface area contributed by atoms with Crippen LogP contribution in [0, 0.1) is 23.7 Å². The highest BCUT2D eigenvalue weighted by Gasteiger charge is 2.64. The van der Waals surface area contributed by atoms with Gasteiger partial charge < -0.3 is 63.1 Å². The molecule has 0 radical (unpaired) electrons. The van der Waals surface area contributed by atoms with Crippen molar-refractivity contribution in [1.29, 1.82) is 0 Å². The van der Waals surface area contributed by atoms with E-state index in [1.165, 1.54) is 0 Å². The number of aliphatic hydroxyl groups is 4. The predicted octanol–water partition coefficient (Wildman–Crippen LogP) is 2.55. The summed E-state index contributed by atoms with van der Waals surface area (Å²) in [4.78, 5) is 2.26. The maximum atomic E-state index is 12.6. The van der Waals surface area contributed by atoms with Crippen molar-refractivity contribution in [1.82, 2.24) is 4.90 Å². The molecule has 0 spiro atoms. The molecule has 0 amide bonds. The number of hydrogen-bond acceptors (Lipinski definition) is 14. The highest BCUT2D eigenvalue weighted by molar-refractivity contribution is 5.07. The molecule has 0 aromatic rings. The number of methoxy groups -OCH3 is 1. The molecule has 0 aromatic carbocycles. The van der Waals surface area contributed by atoms with Gasteiger partial charge in [0, 0.05) is 44.5 Å². The molecule has 6 heterocycles. The van der Waals surface area contributed by atoms with Crippen molar-refractivity contribution in [3.8, 4) is 0 Å². The number of hydrogen-bond donors (Lipinski definition) is 4. The van der Waals surface area contributed by atoms with Crippen LogP contribution in [0.3, 0.4) is 0 Å². The summed E-state index contributed by atoms with van der Waals surface area (Å²) in [5, 5.41) is 47.6. The first-order chi connectivity index (χ1) is 24.8. The van der Waals surface area contributed by atoms with Crippen molar-refractivity contribution in [2.45, 2.75) is 191 Å². The summed E-state index contributed by atoms with van der Waals surface area (Å²) < 4.78 is 58.2. The fraction of sp³-hybridized carbons (Fsp3) is 1.00. The van der Waals surface area contributed by atoms with E-state index in [0.717, 1.165) is 0 Å². The fourth-order valence-electron chi connectivity index (χ4n) is 10.6. The molecular formula is C39H69NO13. The first-order valence-corrected chi connectivity index (χ1v) is 20.1. The van der Waals surface area contributed by atoms with Gasteiger partial charge in [0.05, 0.1) is 73.1 Å². The van der Waals surface area contributed by atoms with Gasteiger partial charge in [0.1, 0.15) is 17.8 Å². The lowest BCUT2D eigenvalue weighted by atomic mass is 9.74. The molecule has 0 saturated carbocycles. The maximum absolute atomic E-state index is 12.6. The Kier molecular flexibility index (Phi) is 12.4. The molecule has 20 atom stereocenters. The van der Waals surface area contributed by atoms with Crippen LogP contribution in [0.25, 0.3) is 0 Å². The molecule has 0 aromatic heterocycles. The van der Waals surface area contributed by atoms with E-state index in [1.54, 1.807) is 21.0 Å². The summed E-state index contributed by atoms with van der Waals surface area (Å²) in [5.74, 6) is -3.93. The van der Waals surface area contributed by atoms with Crippen molar-refractivity contribution < 1.29 is 63.1 Å². The highest BCUT2D eigenvalue weighted by atomic mass is 16.8. The van der Waals surface area contributed by atoms with Gasteiger partial charge in [-0.05, 0) is 59.8 Å². The molecule has 6 aliphatic heterocycles. The average molecular weight is 760 g/mol. The molecule has 4 N–H and O–H groups in total. The van der Waals surface area contributed by atoms with Crippen LogP contribution in [0.4, 0.5) is 0 Å². The Hall–Kier alpha value is -0.560. The predicted molar refractivity (Wildman–Crippen MR) is 191 cm³/mol. The minimum atomic E-state index is -2.18. The smallest absolute Gasteiger partial charge is 0.286 e.